The molecule has 1 saturated carbocycles. The van der Waals surface area contributed by atoms with Gasteiger partial charge in [-0.05, 0) is 31.7 Å². The fourth-order valence-corrected chi connectivity index (χ4v) is 5.48. The summed E-state index contributed by atoms with van der Waals surface area (Å²) in [5.74, 6) is -0.255. The molecule has 3 rings (SSSR count). The van der Waals surface area contributed by atoms with E-state index in [2.05, 4.69) is 5.32 Å². The van der Waals surface area contributed by atoms with Crippen molar-refractivity contribution >= 4 is 28.3 Å². The van der Waals surface area contributed by atoms with Gasteiger partial charge in [-0.15, -0.1) is 12.4 Å². The Labute approximate surface area is 161 Å². The molecule has 1 amide bonds. The van der Waals surface area contributed by atoms with Gasteiger partial charge in [0.1, 0.15) is 10.6 Å². The second kappa shape index (κ2) is 8.29. The number of piperidine rings is 1. The summed E-state index contributed by atoms with van der Waals surface area (Å²) in [6, 6.07) is 1.48. The Balaban J connectivity index is 0.00000243. The quantitative estimate of drug-likeness (QED) is 0.779. The van der Waals surface area contributed by atoms with Gasteiger partial charge in [-0.1, -0.05) is 19.3 Å². The first kappa shape index (κ1) is 21.2. The summed E-state index contributed by atoms with van der Waals surface area (Å²) < 4.78 is 28.7. The van der Waals surface area contributed by atoms with Gasteiger partial charge in [-0.3, -0.25) is 4.79 Å². The molecule has 0 unspecified atom stereocenters. The van der Waals surface area contributed by atoms with Crippen molar-refractivity contribution in [1.29, 1.82) is 0 Å². The molecule has 2 fully saturated rings. The van der Waals surface area contributed by atoms with Crippen LogP contribution in [-0.2, 0) is 17.1 Å². The maximum absolute atomic E-state index is 12.8. The highest BCUT2D eigenvalue weighted by molar-refractivity contribution is 7.89. The van der Waals surface area contributed by atoms with Gasteiger partial charge in [0.2, 0.25) is 10.0 Å². The van der Waals surface area contributed by atoms with Crippen LogP contribution in [0.15, 0.2) is 17.2 Å². The Kier molecular flexibility index (Phi) is 6.76. The Morgan fingerprint density at radius 1 is 1.19 bits per heavy atom. The number of carbonyl (C=O) groups is 1. The summed E-state index contributed by atoms with van der Waals surface area (Å²) in [5.41, 5.74) is 5.88. The fraction of sp³-hybridized carbons (Fsp3) is 0.706. The summed E-state index contributed by atoms with van der Waals surface area (Å²) in [5, 5.41) is 3.05. The van der Waals surface area contributed by atoms with Gasteiger partial charge >= 0.3 is 0 Å². The molecule has 2 aliphatic rings. The third-order valence-electron chi connectivity index (χ3n) is 5.50. The van der Waals surface area contributed by atoms with Crippen molar-refractivity contribution in [3.05, 3.63) is 18.0 Å². The first-order valence-corrected chi connectivity index (χ1v) is 10.5. The molecule has 148 valence electrons. The zero-order valence-corrected chi connectivity index (χ0v) is 16.9. The normalized spacial score (nSPS) is 20.5. The molecule has 0 aromatic carbocycles. The van der Waals surface area contributed by atoms with Gasteiger partial charge in [0.25, 0.3) is 5.91 Å². The molecule has 0 spiro atoms. The molecule has 0 radical (unpaired) electrons. The number of aromatic nitrogens is 1. The predicted molar refractivity (Wildman–Crippen MR) is 103 cm³/mol. The van der Waals surface area contributed by atoms with E-state index >= 15 is 0 Å². The Morgan fingerprint density at radius 2 is 1.81 bits per heavy atom. The lowest BCUT2D eigenvalue weighted by atomic mass is 9.97. The highest BCUT2D eigenvalue weighted by Crippen LogP contribution is 2.29. The van der Waals surface area contributed by atoms with Crippen molar-refractivity contribution in [3.8, 4) is 0 Å². The van der Waals surface area contributed by atoms with E-state index in [-0.39, 0.29) is 28.7 Å². The standard InChI is InChI=1S/C17H28N4O3S.ClH/c1-20-12-14(25(23,24)21-9-5-2-6-10-21)11-15(20)16(22)19-17(13-18)7-3-4-8-17;/h11-12H,2-10,13,18H2,1H3,(H,19,22);1H. The van der Waals surface area contributed by atoms with Gasteiger partial charge < -0.3 is 15.6 Å². The number of aryl methyl sites for hydroxylation is 1. The van der Waals surface area contributed by atoms with Crippen molar-refractivity contribution in [2.45, 2.75) is 55.4 Å². The van der Waals surface area contributed by atoms with E-state index in [0.717, 1.165) is 44.9 Å². The predicted octanol–water partition coefficient (Wildman–Crippen LogP) is 1.62. The second-order valence-electron chi connectivity index (χ2n) is 7.28. The first-order valence-electron chi connectivity index (χ1n) is 9.07. The zero-order chi connectivity index (χ0) is 18.1. The number of nitrogens with two attached hydrogens (primary N) is 1. The van der Waals surface area contributed by atoms with E-state index in [1.54, 1.807) is 11.6 Å². The van der Waals surface area contributed by atoms with Crippen molar-refractivity contribution < 1.29 is 13.2 Å². The number of halogens is 1. The Bertz CT molecular complexity index is 735. The van der Waals surface area contributed by atoms with Crippen molar-refractivity contribution in [2.75, 3.05) is 19.6 Å². The monoisotopic (exact) mass is 404 g/mol. The summed E-state index contributed by atoms with van der Waals surface area (Å²) in [6.07, 6.45) is 8.23. The largest absolute Gasteiger partial charge is 0.345 e. The van der Waals surface area contributed by atoms with Crippen LogP contribution in [0.2, 0.25) is 0 Å². The van der Waals surface area contributed by atoms with E-state index in [1.807, 2.05) is 0 Å². The minimum atomic E-state index is -3.54. The first-order chi connectivity index (χ1) is 11.9. The van der Waals surface area contributed by atoms with E-state index < -0.39 is 10.0 Å². The number of hydrogen-bond donors (Lipinski definition) is 2. The number of rotatable bonds is 5. The van der Waals surface area contributed by atoms with Crippen molar-refractivity contribution in [1.82, 2.24) is 14.2 Å². The molecule has 3 N–H and O–H groups in total. The highest BCUT2D eigenvalue weighted by atomic mass is 35.5. The number of carbonyl (C=O) groups excluding carboxylic acids is 1. The average Bonchev–Trinajstić information content (AvgIpc) is 3.23. The van der Waals surface area contributed by atoms with E-state index in [4.69, 9.17) is 5.73 Å². The van der Waals surface area contributed by atoms with Gasteiger partial charge in [-0.25, -0.2) is 8.42 Å². The number of nitrogens with one attached hydrogen (secondary N) is 1. The maximum Gasteiger partial charge on any atom is 0.268 e. The number of amides is 1. The number of sulfonamides is 1. The third kappa shape index (κ3) is 4.08. The Hall–Kier alpha value is -1.09. The lowest BCUT2D eigenvalue weighted by molar-refractivity contribution is 0.0894. The van der Waals surface area contributed by atoms with Crippen LogP contribution in [0.3, 0.4) is 0 Å². The molecule has 1 aromatic heterocycles. The lowest BCUT2D eigenvalue weighted by Gasteiger charge is -2.28. The number of nitrogens with zero attached hydrogens (tertiary/aromatic N) is 2. The van der Waals surface area contributed by atoms with Crippen LogP contribution >= 0.6 is 12.4 Å². The minimum Gasteiger partial charge on any atom is -0.345 e. The van der Waals surface area contributed by atoms with Crippen LogP contribution in [0.5, 0.6) is 0 Å². The summed E-state index contributed by atoms with van der Waals surface area (Å²) in [6.45, 7) is 1.51. The Morgan fingerprint density at radius 3 is 2.38 bits per heavy atom. The van der Waals surface area contributed by atoms with Gasteiger partial charge in [-0.2, -0.15) is 4.31 Å². The van der Waals surface area contributed by atoms with Crippen molar-refractivity contribution in [3.63, 3.8) is 0 Å². The average molecular weight is 405 g/mol. The van der Waals surface area contributed by atoms with Gasteiger partial charge in [0.15, 0.2) is 0 Å². The van der Waals surface area contributed by atoms with E-state index in [9.17, 15) is 13.2 Å². The van der Waals surface area contributed by atoms with Crippen LogP contribution in [0, 0.1) is 0 Å². The molecule has 2 heterocycles. The molecule has 26 heavy (non-hydrogen) atoms. The van der Waals surface area contributed by atoms with Crippen LogP contribution in [-0.4, -0.2) is 48.4 Å². The summed E-state index contributed by atoms with van der Waals surface area (Å²) >= 11 is 0. The molecule has 1 aliphatic heterocycles. The van der Waals surface area contributed by atoms with Gasteiger partial charge in [0, 0.05) is 32.9 Å². The smallest absolute Gasteiger partial charge is 0.268 e. The second-order valence-corrected chi connectivity index (χ2v) is 9.22. The summed E-state index contributed by atoms with van der Waals surface area (Å²) in [7, 11) is -1.84. The zero-order valence-electron chi connectivity index (χ0n) is 15.2. The van der Waals surface area contributed by atoms with Gasteiger partial charge in [0.05, 0.1) is 5.54 Å². The fourth-order valence-electron chi connectivity index (χ4n) is 3.89. The molecule has 9 heteroatoms. The van der Waals surface area contributed by atoms with Crippen LogP contribution in [0.1, 0.15) is 55.4 Å². The molecule has 7 nitrogen and oxygen atoms in total. The molecule has 1 aliphatic carbocycles. The highest BCUT2D eigenvalue weighted by Gasteiger charge is 2.35. The van der Waals surface area contributed by atoms with Crippen LogP contribution in [0.25, 0.3) is 0 Å². The SMILES string of the molecule is Cl.Cn1cc(S(=O)(=O)N2CCCCC2)cc1C(=O)NC1(CN)CCCC1. The van der Waals surface area contributed by atoms with Crippen LogP contribution < -0.4 is 11.1 Å². The molecule has 1 aromatic rings. The van der Waals surface area contributed by atoms with E-state index in [0.29, 0.717) is 25.3 Å². The summed E-state index contributed by atoms with van der Waals surface area (Å²) in [4.78, 5) is 12.9. The minimum absolute atomic E-state index is 0. The maximum atomic E-state index is 12.8. The molecule has 1 saturated heterocycles. The molecular formula is C17H29ClN4O3S. The molecular weight excluding hydrogens is 376 g/mol. The topological polar surface area (TPSA) is 97.4 Å². The number of hydrogen-bond acceptors (Lipinski definition) is 4. The lowest BCUT2D eigenvalue weighted by Crippen LogP contribution is -2.51. The van der Waals surface area contributed by atoms with E-state index in [1.165, 1.54) is 16.6 Å². The van der Waals surface area contributed by atoms with Crippen LogP contribution in [0.4, 0.5) is 0 Å². The molecule has 0 bridgehead atoms. The molecule has 0 atom stereocenters. The third-order valence-corrected chi connectivity index (χ3v) is 7.36. The van der Waals surface area contributed by atoms with Crippen molar-refractivity contribution in [2.24, 2.45) is 12.8 Å².